The summed E-state index contributed by atoms with van der Waals surface area (Å²) in [5.74, 6) is -0.600. The maximum atomic E-state index is 12.8. The van der Waals surface area contributed by atoms with E-state index in [1.165, 1.54) is 0 Å². The average Bonchev–Trinajstić information content (AvgIpc) is 3.00. The summed E-state index contributed by atoms with van der Waals surface area (Å²) < 4.78 is 38.3. The fraction of sp³-hybridized carbons (Fsp3) is 0.538. The van der Waals surface area contributed by atoms with Crippen LogP contribution in [-0.2, 0) is 6.18 Å². The number of halogens is 4. The highest BCUT2D eigenvalue weighted by Crippen LogP contribution is 2.34. The van der Waals surface area contributed by atoms with Gasteiger partial charge in [0.1, 0.15) is 5.69 Å². The number of fused-ring (bicyclic) bond motifs is 2. The lowest BCUT2D eigenvalue weighted by atomic mass is 9.95. The van der Waals surface area contributed by atoms with Crippen LogP contribution in [0.5, 0.6) is 0 Å². The van der Waals surface area contributed by atoms with Gasteiger partial charge in [-0.1, -0.05) is 11.6 Å². The number of hydrogen-bond acceptors (Lipinski definition) is 3. The average molecular weight is 320 g/mol. The van der Waals surface area contributed by atoms with Crippen LogP contribution in [0.15, 0.2) is 12.3 Å². The van der Waals surface area contributed by atoms with Crippen LogP contribution < -0.4 is 10.6 Å². The van der Waals surface area contributed by atoms with Crippen LogP contribution in [0.2, 0.25) is 5.02 Å². The first-order valence-corrected chi connectivity index (χ1v) is 7.02. The van der Waals surface area contributed by atoms with E-state index in [-0.39, 0.29) is 17.8 Å². The quantitative estimate of drug-likeness (QED) is 0.880. The minimum Gasteiger partial charge on any atom is -0.346 e. The van der Waals surface area contributed by atoms with Gasteiger partial charge in [-0.2, -0.15) is 13.2 Å². The Balaban J connectivity index is 1.76. The van der Waals surface area contributed by atoms with Crippen LogP contribution in [0.25, 0.3) is 0 Å². The molecule has 1 aromatic rings. The highest BCUT2D eigenvalue weighted by atomic mass is 35.5. The predicted molar refractivity (Wildman–Crippen MR) is 70.1 cm³/mol. The molecule has 0 aliphatic carbocycles. The van der Waals surface area contributed by atoms with E-state index in [0.717, 1.165) is 25.5 Å². The van der Waals surface area contributed by atoms with Crippen LogP contribution >= 0.6 is 11.6 Å². The zero-order chi connectivity index (χ0) is 15.2. The van der Waals surface area contributed by atoms with Gasteiger partial charge in [-0.05, 0) is 25.3 Å². The van der Waals surface area contributed by atoms with Gasteiger partial charge in [-0.25, -0.2) is 4.98 Å². The minimum absolute atomic E-state index is 0.0527. The molecule has 0 unspecified atom stereocenters. The van der Waals surface area contributed by atoms with Crippen LogP contribution in [-0.4, -0.2) is 29.0 Å². The van der Waals surface area contributed by atoms with Crippen molar-refractivity contribution < 1.29 is 18.0 Å². The number of nitrogens with one attached hydrogen (secondary N) is 2. The Hall–Kier alpha value is -1.34. The molecule has 2 saturated heterocycles. The molecule has 2 aliphatic rings. The predicted octanol–water partition coefficient (Wildman–Crippen LogP) is 2.38. The molecule has 0 spiro atoms. The van der Waals surface area contributed by atoms with Gasteiger partial charge in [0.25, 0.3) is 5.91 Å². The molecule has 2 fully saturated rings. The van der Waals surface area contributed by atoms with Gasteiger partial charge in [0.05, 0.1) is 10.6 Å². The number of nitrogens with zero attached hydrogens (tertiary/aromatic N) is 1. The zero-order valence-electron chi connectivity index (χ0n) is 10.9. The lowest BCUT2D eigenvalue weighted by molar-refractivity contribution is -0.137. The van der Waals surface area contributed by atoms with Gasteiger partial charge in [0.2, 0.25) is 0 Å². The molecule has 0 saturated carbocycles. The van der Waals surface area contributed by atoms with Crippen LogP contribution in [0, 0.1) is 0 Å². The van der Waals surface area contributed by atoms with E-state index in [0.29, 0.717) is 12.1 Å². The largest absolute Gasteiger partial charge is 0.417 e. The van der Waals surface area contributed by atoms with Crippen molar-refractivity contribution in [1.82, 2.24) is 15.6 Å². The summed E-state index contributed by atoms with van der Waals surface area (Å²) >= 11 is 5.48. The molecule has 3 heterocycles. The van der Waals surface area contributed by atoms with Crippen molar-refractivity contribution in [2.45, 2.75) is 43.6 Å². The summed E-state index contributed by atoms with van der Waals surface area (Å²) in [5.41, 5.74) is -1.31. The molecule has 4 nitrogen and oxygen atoms in total. The first-order valence-electron chi connectivity index (χ1n) is 6.64. The van der Waals surface area contributed by atoms with Gasteiger partial charge in [0.15, 0.2) is 0 Å². The molecule has 2 bridgehead atoms. The summed E-state index contributed by atoms with van der Waals surface area (Å²) in [4.78, 5) is 15.7. The number of hydrogen-bond donors (Lipinski definition) is 2. The van der Waals surface area contributed by atoms with Crippen molar-refractivity contribution in [2.24, 2.45) is 0 Å². The molecular weight excluding hydrogens is 307 g/mol. The zero-order valence-corrected chi connectivity index (χ0v) is 11.6. The third-order valence-electron chi connectivity index (χ3n) is 4.01. The number of rotatable bonds is 2. The van der Waals surface area contributed by atoms with Crippen LogP contribution in [0.3, 0.4) is 0 Å². The molecule has 21 heavy (non-hydrogen) atoms. The Bertz CT molecular complexity index is 578. The molecule has 0 aromatic carbocycles. The van der Waals surface area contributed by atoms with E-state index in [1.54, 1.807) is 0 Å². The van der Waals surface area contributed by atoms with Crippen LogP contribution in [0.4, 0.5) is 13.2 Å². The molecule has 3 rings (SSSR count). The summed E-state index contributed by atoms with van der Waals surface area (Å²) in [6, 6.07) is 1.23. The number of carbonyl (C=O) groups is 1. The maximum Gasteiger partial charge on any atom is 0.417 e. The number of aromatic nitrogens is 1. The molecule has 2 aliphatic heterocycles. The maximum absolute atomic E-state index is 12.8. The smallest absolute Gasteiger partial charge is 0.346 e. The monoisotopic (exact) mass is 319 g/mol. The molecular formula is C13H13ClF3N3O. The van der Waals surface area contributed by atoms with E-state index < -0.39 is 22.7 Å². The van der Waals surface area contributed by atoms with Gasteiger partial charge >= 0.3 is 6.18 Å². The Kier molecular flexibility index (Phi) is 3.57. The second-order valence-electron chi connectivity index (χ2n) is 5.41. The van der Waals surface area contributed by atoms with Crippen molar-refractivity contribution in [2.75, 3.05) is 0 Å². The van der Waals surface area contributed by atoms with E-state index in [2.05, 4.69) is 15.6 Å². The highest BCUT2D eigenvalue weighted by Gasteiger charge is 2.40. The standard InChI is InChI=1S/C13H13ClF3N3O/c14-8-5-18-11(4-7(8)13(15,16)17)12(21)20-10-3-6-1-2-9(10)19-6/h4-6,9-10,19H,1-3H2,(H,20,21)/t6-,9+,10-/m1/s1. The van der Waals surface area contributed by atoms with Crippen molar-refractivity contribution in [1.29, 1.82) is 0 Å². The molecule has 114 valence electrons. The molecule has 1 aromatic heterocycles. The van der Waals surface area contributed by atoms with Gasteiger partial charge < -0.3 is 10.6 Å². The third kappa shape index (κ3) is 2.85. The molecule has 1 amide bonds. The van der Waals surface area contributed by atoms with E-state index in [4.69, 9.17) is 11.6 Å². The first kappa shape index (κ1) is 14.6. The fourth-order valence-electron chi connectivity index (χ4n) is 3.01. The van der Waals surface area contributed by atoms with Crippen molar-refractivity contribution in [3.05, 3.63) is 28.5 Å². The molecule has 2 N–H and O–H groups in total. The number of pyridine rings is 1. The lowest BCUT2D eigenvalue weighted by Gasteiger charge is -2.21. The summed E-state index contributed by atoms with van der Waals surface area (Å²) in [6.07, 6.45) is -0.899. The first-order chi connectivity index (χ1) is 9.84. The van der Waals surface area contributed by atoms with E-state index in [9.17, 15) is 18.0 Å². The Morgan fingerprint density at radius 3 is 2.76 bits per heavy atom. The Morgan fingerprint density at radius 1 is 1.43 bits per heavy atom. The van der Waals surface area contributed by atoms with Crippen molar-refractivity contribution in [3.8, 4) is 0 Å². The molecule has 8 heteroatoms. The summed E-state index contributed by atoms with van der Waals surface area (Å²) in [7, 11) is 0. The number of amides is 1. The lowest BCUT2D eigenvalue weighted by Crippen LogP contribution is -2.43. The Morgan fingerprint density at radius 2 is 2.19 bits per heavy atom. The van der Waals surface area contributed by atoms with Gasteiger partial charge in [-0.15, -0.1) is 0 Å². The Labute approximate surface area is 124 Å². The highest BCUT2D eigenvalue weighted by molar-refractivity contribution is 6.31. The van der Waals surface area contributed by atoms with Gasteiger partial charge in [0, 0.05) is 24.3 Å². The number of alkyl halides is 3. The minimum atomic E-state index is -4.61. The van der Waals surface area contributed by atoms with Gasteiger partial charge in [-0.3, -0.25) is 4.79 Å². The normalized spacial score (nSPS) is 27.9. The second kappa shape index (κ2) is 5.14. The summed E-state index contributed by atoms with van der Waals surface area (Å²) in [6.45, 7) is 0. The SMILES string of the molecule is O=C(N[C@@H]1C[C@H]2CC[C@@H]1N2)c1cc(C(F)(F)F)c(Cl)cn1. The van der Waals surface area contributed by atoms with Crippen molar-refractivity contribution >= 4 is 17.5 Å². The van der Waals surface area contributed by atoms with Crippen LogP contribution in [0.1, 0.15) is 35.3 Å². The topological polar surface area (TPSA) is 54.0 Å². The van der Waals surface area contributed by atoms with Crippen molar-refractivity contribution in [3.63, 3.8) is 0 Å². The fourth-order valence-corrected chi connectivity index (χ4v) is 3.22. The second-order valence-corrected chi connectivity index (χ2v) is 5.82. The molecule has 0 radical (unpaired) electrons. The van der Waals surface area contributed by atoms with E-state index >= 15 is 0 Å². The molecule has 3 atom stereocenters. The number of carbonyl (C=O) groups excluding carboxylic acids is 1. The van der Waals surface area contributed by atoms with E-state index in [1.807, 2.05) is 0 Å². The summed E-state index contributed by atoms with van der Waals surface area (Å²) in [5, 5.41) is 5.58. The third-order valence-corrected chi connectivity index (χ3v) is 4.31.